The van der Waals surface area contributed by atoms with Gasteiger partial charge in [-0.3, -0.25) is 9.59 Å². The number of hydrogen-bond acceptors (Lipinski definition) is 6. The lowest BCUT2D eigenvalue weighted by atomic mass is 10.2. The third-order valence-corrected chi connectivity index (χ3v) is 3.93. The Morgan fingerprint density at radius 3 is 2.52 bits per heavy atom. The van der Waals surface area contributed by atoms with Crippen molar-refractivity contribution in [2.24, 2.45) is 0 Å². The van der Waals surface area contributed by atoms with E-state index < -0.39 is 16.9 Å². The van der Waals surface area contributed by atoms with Crippen LogP contribution in [0.5, 0.6) is 0 Å². The molecule has 0 saturated carbocycles. The largest absolute Gasteiger partial charge is 0.506 e. The number of aliphatic hydroxyl groups is 1. The minimum Gasteiger partial charge on any atom is -0.506 e. The van der Waals surface area contributed by atoms with E-state index in [0.717, 1.165) is 15.7 Å². The minimum absolute atomic E-state index is 0.0430. The lowest BCUT2D eigenvalue weighted by Gasteiger charge is -1.97. The van der Waals surface area contributed by atoms with Crippen LogP contribution >= 0.6 is 11.3 Å². The Labute approximate surface area is 120 Å². The molecule has 21 heavy (non-hydrogen) atoms. The quantitative estimate of drug-likeness (QED) is 0.703. The lowest BCUT2D eigenvalue weighted by molar-refractivity contribution is 0.508. The summed E-state index contributed by atoms with van der Waals surface area (Å²) in [6, 6.07) is 5.02. The fraction of sp³-hybridized carbons (Fsp3) is 0.0769. The highest BCUT2D eigenvalue weighted by atomic mass is 32.1. The zero-order valence-electron chi connectivity index (χ0n) is 10.7. The molecular weight excluding hydrogens is 297 g/mol. The van der Waals surface area contributed by atoms with Gasteiger partial charge in [0, 0.05) is 5.56 Å². The second kappa shape index (κ2) is 4.74. The van der Waals surface area contributed by atoms with Gasteiger partial charge in [0.2, 0.25) is 4.96 Å². The Hall–Kier alpha value is -2.61. The van der Waals surface area contributed by atoms with E-state index in [4.69, 9.17) is 0 Å². The van der Waals surface area contributed by atoms with Gasteiger partial charge in [0.05, 0.1) is 0 Å². The number of aliphatic hydroxyl groups excluding tert-OH is 1. The number of thiazole rings is 1. The van der Waals surface area contributed by atoms with Gasteiger partial charge in [0.15, 0.2) is 0 Å². The zero-order chi connectivity index (χ0) is 15.1. The third kappa shape index (κ3) is 2.09. The Morgan fingerprint density at radius 1 is 1.19 bits per heavy atom. The average molecular weight is 305 g/mol. The maximum absolute atomic E-state index is 12.9. The van der Waals surface area contributed by atoms with Crippen LogP contribution in [0.2, 0.25) is 0 Å². The Morgan fingerprint density at radius 2 is 1.86 bits per heavy atom. The normalized spacial score (nSPS) is 12.7. The van der Waals surface area contributed by atoms with E-state index in [1.165, 1.54) is 31.2 Å². The predicted octanol–water partition coefficient (Wildman–Crippen LogP) is 0.392. The summed E-state index contributed by atoms with van der Waals surface area (Å²) in [6.07, 6.45) is 0. The smallest absolute Gasteiger partial charge is 0.283 e. The fourth-order valence-electron chi connectivity index (χ4n) is 1.82. The summed E-state index contributed by atoms with van der Waals surface area (Å²) in [5.74, 6) is -0.782. The third-order valence-electron chi connectivity index (χ3n) is 2.91. The molecule has 2 aromatic heterocycles. The first-order valence-corrected chi connectivity index (χ1v) is 6.68. The maximum Gasteiger partial charge on any atom is 0.283 e. The van der Waals surface area contributed by atoms with Crippen LogP contribution in [0.4, 0.5) is 4.39 Å². The highest BCUT2D eigenvalue weighted by Crippen LogP contribution is 2.10. The molecule has 8 heteroatoms. The molecule has 0 saturated heterocycles. The van der Waals surface area contributed by atoms with Crippen LogP contribution in [0.25, 0.3) is 10.7 Å². The second-order valence-corrected chi connectivity index (χ2v) is 5.28. The molecule has 6 nitrogen and oxygen atoms in total. The van der Waals surface area contributed by atoms with Crippen molar-refractivity contribution in [3.63, 3.8) is 0 Å². The number of hydrogen-bond donors (Lipinski definition) is 1. The van der Waals surface area contributed by atoms with Crippen molar-refractivity contribution >= 4 is 22.1 Å². The van der Waals surface area contributed by atoms with Crippen LogP contribution in [0.1, 0.15) is 11.3 Å². The van der Waals surface area contributed by atoms with E-state index in [2.05, 4.69) is 10.2 Å². The Bertz CT molecular complexity index is 1010. The van der Waals surface area contributed by atoms with Gasteiger partial charge in [-0.2, -0.15) is 0 Å². The summed E-state index contributed by atoms with van der Waals surface area (Å²) >= 11 is 0.850. The summed E-state index contributed by atoms with van der Waals surface area (Å²) in [4.78, 5) is 24.2. The molecule has 0 fully saturated rings. The number of halogens is 1. The topological polar surface area (TPSA) is 84.6 Å². The molecule has 0 aliphatic carbocycles. The van der Waals surface area contributed by atoms with Crippen LogP contribution in [0.15, 0.2) is 33.9 Å². The molecule has 2 heterocycles. The highest BCUT2D eigenvalue weighted by molar-refractivity contribution is 7.15. The molecule has 0 unspecified atom stereocenters. The van der Waals surface area contributed by atoms with Gasteiger partial charge in [0.1, 0.15) is 21.8 Å². The number of fused-ring (bicyclic) bond motifs is 1. The Balaban J connectivity index is 2.40. The van der Waals surface area contributed by atoms with Crippen molar-refractivity contribution in [2.75, 3.05) is 0 Å². The van der Waals surface area contributed by atoms with Gasteiger partial charge in [-0.1, -0.05) is 11.3 Å². The van der Waals surface area contributed by atoms with Gasteiger partial charge in [0.25, 0.3) is 11.1 Å². The van der Waals surface area contributed by atoms with Gasteiger partial charge < -0.3 is 5.11 Å². The van der Waals surface area contributed by atoms with Crippen molar-refractivity contribution in [3.8, 4) is 0 Å². The van der Waals surface area contributed by atoms with Crippen molar-refractivity contribution in [3.05, 3.63) is 66.6 Å². The summed E-state index contributed by atoms with van der Waals surface area (Å²) in [7, 11) is 0. The first-order chi connectivity index (χ1) is 9.99. The lowest BCUT2D eigenvalue weighted by Crippen LogP contribution is -2.33. The molecule has 0 spiro atoms. The van der Waals surface area contributed by atoms with Crippen LogP contribution < -0.4 is 15.7 Å². The first kappa shape index (κ1) is 13.4. The zero-order valence-corrected chi connectivity index (χ0v) is 11.5. The van der Waals surface area contributed by atoms with Crippen molar-refractivity contribution in [1.29, 1.82) is 0 Å². The van der Waals surface area contributed by atoms with E-state index in [-0.39, 0.29) is 26.5 Å². The van der Waals surface area contributed by atoms with Gasteiger partial charge in [-0.05, 0) is 31.2 Å². The van der Waals surface area contributed by atoms with Crippen molar-refractivity contribution < 1.29 is 9.50 Å². The maximum atomic E-state index is 12.9. The second-order valence-electron chi connectivity index (χ2n) is 4.30. The van der Waals surface area contributed by atoms with E-state index >= 15 is 0 Å². The molecule has 0 bridgehead atoms. The molecule has 0 aliphatic rings. The van der Waals surface area contributed by atoms with Gasteiger partial charge in [-0.25, -0.2) is 8.79 Å². The molecule has 3 aromatic rings. The predicted molar refractivity (Wildman–Crippen MR) is 74.9 cm³/mol. The van der Waals surface area contributed by atoms with Crippen LogP contribution in [0, 0.1) is 12.7 Å². The van der Waals surface area contributed by atoms with Crippen LogP contribution in [0.3, 0.4) is 0 Å². The molecule has 1 aromatic carbocycles. The molecule has 0 amide bonds. The monoisotopic (exact) mass is 305 g/mol. The highest BCUT2D eigenvalue weighted by Gasteiger charge is 2.13. The fourth-order valence-corrected chi connectivity index (χ4v) is 2.74. The molecule has 0 atom stereocenters. The number of nitrogens with zero attached hydrogens (tertiary/aromatic N) is 3. The minimum atomic E-state index is -0.667. The number of benzene rings is 1. The molecule has 1 N–H and O–H groups in total. The van der Waals surface area contributed by atoms with Crippen LogP contribution in [-0.2, 0) is 0 Å². The number of rotatable bonds is 1. The van der Waals surface area contributed by atoms with Crippen molar-refractivity contribution in [2.45, 2.75) is 6.92 Å². The van der Waals surface area contributed by atoms with Gasteiger partial charge in [-0.15, -0.1) is 10.2 Å². The number of aryl methyl sites for hydroxylation is 1. The molecule has 3 rings (SSSR count). The molecular formula is C13H8FN3O3S. The summed E-state index contributed by atoms with van der Waals surface area (Å²) in [5, 5.41) is 17.6. The van der Waals surface area contributed by atoms with Crippen LogP contribution in [-0.4, -0.2) is 19.7 Å². The molecule has 0 radical (unpaired) electrons. The van der Waals surface area contributed by atoms with E-state index in [1.807, 2.05) is 0 Å². The van der Waals surface area contributed by atoms with E-state index in [1.54, 1.807) is 0 Å². The first-order valence-electron chi connectivity index (χ1n) is 5.87. The standard InChI is InChI=1S/C13H8FN3O3S/c1-6-11(19)17-12(20)10(21-13(17)16-15-6)9(18)7-2-4-8(14)5-3-7/h2-5,18H,1H3/b10-9-. The molecule has 0 aliphatic heterocycles. The molecule has 106 valence electrons. The number of aromatic nitrogens is 3. The summed E-state index contributed by atoms with van der Waals surface area (Å²) < 4.78 is 13.7. The van der Waals surface area contributed by atoms with Gasteiger partial charge >= 0.3 is 0 Å². The average Bonchev–Trinajstić information content (AvgIpc) is 2.81. The Kier molecular flexibility index (Phi) is 3.02. The van der Waals surface area contributed by atoms with E-state index in [0.29, 0.717) is 0 Å². The summed E-state index contributed by atoms with van der Waals surface area (Å²) in [6.45, 7) is 1.45. The van der Waals surface area contributed by atoms with Crippen molar-refractivity contribution in [1.82, 2.24) is 14.6 Å². The van der Waals surface area contributed by atoms with E-state index in [9.17, 15) is 19.1 Å². The SMILES string of the molecule is Cc1nnc2s/c(=C(\O)c3ccc(F)cc3)c(=O)n2c1=O. The summed E-state index contributed by atoms with van der Waals surface area (Å²) in [5.41, 5.74) is -0.868.